The summed E-state index contributed by atoms with van der Waals surface area (Å²) in [7, 11) is 1.60. The van der Waals surface area contributed by atoms with Gasteiger partial charge in [-0.3, -0.25) is 10.1 Å². The molecule has 0 radical (unpaired) electrons. The number of carbonyl (C=O) groups excluding carboxylic acids is 1. The highest BCUT2D eigenvalue weighted by molar-refractivity contribution is 5.81. The Balaban J connectivity index is 2.54. The minimum atomic E-state index is -0.286. The van der Waals surface area contributed by atoms with Crippen LogP contribution in [0.15, 0.2) is 24.3 Å². The molecule has 0 aliphatic rings. The lowest BCUT2D eigenvalue weighted by Gasteiger charge is -2.22. The van der Waals surface area contributed by atoms with E-state index in [1.807, 2.05) is 19.1 Å². The number of aromatic hydroxyl groups is 1. The first-order chi connectivity index (χ1) is 9.58. The molecular weight excluding hydrogens is 256 g/mol. The Morgan fingerprint density at radius 1 is 1.35 bits per heavy atom. The Morgan fingerprint density at radius 2 is 2.00 bits per heavy atom. The van der Waals surface area contributed by atoms with Gasteiger partial charge >= 0.3 is 0 Å². The van der Waals surface area contributed by atoms with Crippen LogP contribution in [0.25, 0.3) is 0 Å². The Hall–Kier alpha value is -1.59. The van der Waals surface area contributed by atoms with Gasteiger partial charge in [-0.05, 0) is 31.0 Å². The smallest absolute Gasteiger partial charge is 0.236 e. The number of amides is 1. The van der Waals surface area contributed by atoms with Crippen molar-refractivity contribution < 1.29 is 14.6 Å². The van der Waals surface area contributed by atoms with E-state index in [2.05, 4.69) is 17.6 Å². The van der Waals surface area contributed by atoms with E-state index in [1.165, 1.54) is 0 Å². The van der Waals surface area contributed by atoms with E-state index in [0.29, 0.717) is 13.2 Å². The minimum Gasteiger partial charge on any atom is -0.508 e. The number of phenols is 1. The van der Waals surface area contributed by atoms with Gasteiger partial charge in [0.1, 0.15) is 5.75 Å². The summed E-state index contributed by atoms with van der Waals surface area (Å²) in [5, 5.41) is 15.4. The van der Waals surface area contributed by atoms with Gasteiger partial charge < -0.3 is 15.2 Å². The van der Waals surface area contributed by atoms with Crippen LogP contribution in [0.2, 0.25) is 0 Å². The summed E-state index contributed by atoms with van der Waals surface area (Å²) in [4.78, 5) is 11.9. The van der Waals surface area contributed by atoms with E-state index in [4.69, 9.17) is 4.74 Å². The van der Waals surface area contributed by atoms with E-state index >= 15 is 0 Å². The van der Waals surface area contributed by atoms with Gasteiger partial charge in [-0.15, -0.1) is 0 Å². The molecule has 0 saturated carbocycles. The molecule has 1 aromatic carbocycles. The largest absolute Gasteiger partial charge is 0.508 e. The molecule has 0 aromatic heterocycles. The second kappa shape index (κ2) is 8.55. The van der Waals surface area contributed by atoms with Crippen molar-refractivity contribution in [2.75, 3.05) is 20.3 Å². The summed E-state index contributed by atoms with van der Waals surface area (Å²) < 4.78 is 4.90. The molecule has 3 N–H and O–H groups in total. The lowest BCUT2D eigenvalue weighted by molar-refractivity contribution is -0.123. The zero-order chi connectivity index (χ0) is 15.0. The molecular formula is C15H24N2O3. The highest BCUT2D eigenvalue weighted by atomic mass is 16.5. The zero-order valence-corrected chi connectivity index (χ0v) is 12.3. The molecule has 2 unspecified atom stereocenters. The fourth-order valence-corrected chi connectivity index (χ4v) is 1.96. The first-order valence-electron chi connectivity index (χ1n) is 6.90. The molecule has 0 heterocycles. The summed E-state index contributed by atoms with van der Waals surface area (Å²) in [5.74, 6) is 0.202. The van der Waals surface area contributed by atoms with Crippen LogP contribution in [0.3, 0.4) is 0 Å². The van der Waals surface area contributed by atoms with E-state index in [9.17, 15) is 9.90 Å². The lowest BCUT2D eigenvalue weighted by atomic mass is 10.0. The van der Waals surface area contributed by atoms with Crippen LogP contribution >= 0.6 is 0 Å². The molecule has 112 valence electrons. The van der Waals surface area contributed by atoms with Crippen molar-refractivity contribution in [1.82, 2.24) is 10.6 Å². The van der Waals surface area contributed by atoms with E-state index in [-0.39, 0.29) is 23.7 Å². The van der Waals surface area contributed by atoms with Crippen molar-refractivity contribution in [2.24, 2.45) is 0 Å². The number of hydrogen-bond acceptors (Lipinski definition) is 4. The maximum atomic E-state index is 11.9. The molecule has 0 bridgehead atoms. The van der Waals surface area contributed by atoms with E-state index < -0.39 is 0 Å². The maximum Gasteiger partial charge on any atom is 0.236 e. The zero-order valence-electron chi connectivity index (χ0n) is 12.3. The van der Waals surface area contributed by atoms with Crippen LogP contribution in [0.5, 0.6) is 5.75 Å². The number of hydrogen-bond donors (Lipinski definition) is 3. The van der Waals surface area contributed by atoms with Crippen molar-refractivity contribution in [3.05, 3.63) is 29.8 Å². The number of benzene rings is 1. The fourth-order valence-electron chi connectivity index (χ4n) is 1.96. The van der Waals surface area contributed by atoms with Crippen LogP contribution in [0.1, 0.15) is 31.9 Å². The van der Waals surface area contributed by atoms with Crippen LogP contribution in [-0.4, -0.2) is 37.3 Å². The molecule has 5 heteroatoms. The Morgan fingerprint density at radius 3 is 2.55 bits per heavy atom. The topological polar surface area (TPSA) is 70.6 Å². The van der Waals surface area contributed by atoms with Crippen LogP contribution in [-0.2, 0) is 9.53 Å². The molecule has 1 rings (SSSR count). The second-order valence-corrected chi connectivity index (χ2v) is 4.72. The molecule has 5 nitrogen and oxygen atoms in total. The molecule has 20 heavy (non-hydrogen) atoms. The normalized spacial score (nSPS) is 13.8. The lowest BCUT2D eigenvalue weighted by Crippen LogP contribution is -2.44. The van der Waals surface area contributed by atoms with Crippen LogP contribution < -0.4 is 10.6 Å². The molecule has 1 amide bonds. The van der Waals surface area contributed by atoms with Crippen molar-refractivity contribution in [3.8, 4) is 5.75 Å². The quantitative estimate of drug-likeness (QED) is 0.632. The molecule has 0 aliphatic carbocycles. The number of ether oxygens (including phenoxy) is 1. The second-order valence-electron chi connectivity index (χ2n) is 4.72. The SMILES string of the molecule is CCC(NC(C)C(=O)NCCOC)c1ccc(O)cc1. The third-order valence-corrected chi connectivity index (χ3v) is 3.15. The average molecular weight is 280 g/mol. The van der Waals surface area contributed by atoms with Gasteiger partial charge in [0, 0.05) is 19.7 Å². The van der Waals surface area contributed by atoms with Gasteiger partial charge in [0.05, 0.1) is 12.6 Å². The molecule has 0 spiro atoms. The minimum absolute atomic E-state index is 0.0423. The van der Waals surface area contributed by atoms with Crippen molar-refractivity contribution in [1.29, 1.82) is 0 Å². The van der Waals surface area contributed by atoms with Gasteiger partial charge in [0.25, 0.3) is 0 Å². The predicted octanol–water partition coefficient (Wildman–Crippen LogP) is 1.58. The number of carbonyl (C=O) groups is 1. The Bertz CT molecular complexity index is 406. The summed E-state index contributed by atoms with van der Waals surface area (Å²) >= 11 is 0. The summed E-state index contributed by atoms with van der Waals surface area (Å²) in [5.41, 5.74) is 1.06. The Kier molecular flexibility index (Phi) is 7.04. The number of methoxy groups -OCH3 is 1. The summed E-state index contributed by atoms with van der Waals surface area (Å²) in [6.07, 6.45) is 0.862. The Labute approximate surface area is 120 Å². The summed E-state index contributed by atoms with van der Waals surface area (Å²) in [6.45, 7) is 4.91. The van der Waals surface area contributed by atoms with Gasteiger partial charge in [-0.25, -0.2) is 0 Å². The molecule has 1 aromatic rings. The number of nitrogens with one attached hydrogen (secondary N) is 2. The van der Waals surface area contributed by atoms with E-state index in [0.717, 1.165) is 12.0 Å². The van der Waals surface area contributed by atoms with Crippen molar-refractivity contribution >= 4 is 5.91 Å². The van der Waals surface area contributed by atoms with Crippen molar-refractivity contribution in [3.63, 3.8) is 0 Å². The first-order valence-corrected chi connectivity index (χ1v) is 6.90. The maximum absolute atomic E-state index is 11.9. The van der Waals surface area contributed by atoms with E-state index in [1.54, 1.807) is 19.2 Å². The highest BCUT2D eigenvalue weighted by Crippen LogP contribution is 2.19. The number of rotatable bonds is 8. The first kappa shape index (κ1) is 16.5. The van der Waals surface area contributed by atoms with Gasteiger partial charge in [-0.1, -0.05) is 19.1 Å². The van der Waals surface area contributed by atoms with Gasteiger partial charge in [0.2, 0.25) is 5.91 Å². The number of phenolic OH excluding ortho intramolecular Hbond substituents is 1. The standard InChI is InChI=1S/C15H24N2O3/c1-4-14(12-5-7-13(18)8-6-12)17-11(2)15(19)16-9-10-20-3/h5-8,11,14,17-18H,4,9-10H2,1-3H3,(H,16,19). The molecule has 0 aliphatic heterocycles. The molecule has 0 fully saturated rings. The molecule has 2 atom stereocenters. The van der Waals surface area contributed by atoms with Gasteiger partial charge in [-0.2, -0.15) is 0 Å². The third-order valence-electron chi connectivity index (χ3n) is 3.15. The average Bonchev–Trinajstić information content (AvgIpc) is 2.45. The van der Waals surface area contributed by atoms with Crippen LogP contribution in [0, 0.1) is 0 Å². The summed E-state index contributed by atoms with van der Waals surface area (Å²) in [6, 6.07) is 6.84. The highest BCUT2D eigenvalue weighted by Gasteiger charge is 2.17. The third kappa shape index (κ3) is 5.19. The molecule has 0 saturated heterocycles. The van der Waals surface area contributed by atoms with Gasteiger partial charge in [0.15, 0.2) is 0 Å². The van der Waals surface area contributed by atoms with Crippen LogP contribution in [0.4, 0.5) is 0 Å². The fraction of sp³-hybridized carbons (Fsp3) is 0.533. The van der Waals surface area contributed by atoms with Crippen molar-refractivity contribution in [2.45, 2.75) is 32.4 Å². The monoisotopic (exact) mass is 280 g/mol. The predicted molar refractivity (Wildman–Crippen MR) is 78.6 cm³/mol.